The van der Waals surface area contributed by atoms with Gasteiger partial charge in [-0.25, -0.2) is 4.79 Å². The molecular formula is C13H24O4Si. The molecule has 4 nitrogen and oxygen atoms in total. The lowest BCUT2D eigenvalue weighted by molar-refractivity contribution is -0.139. The molecule has 0 aliphatic rings. The van der Waals surface area contributed by atoms with Gasteiger partial charge in [-0.05, 0) is 38.8 Å². The summed E-state index contributed by atoms with van der Waals surface area (Å²) in [5.74, 6) is -0.343. The zero-order valence-electron chi connectivity index (χ0n) is 11.7. The van der Waals surface area contributed by atoms with E-state index in [1.165, 1.54) is 0 Å². The Balaban J connectivity index is 3.86. The normalized spacial score (nSPS) is 10.4. The number of rotatable bonds is 10. The highest BCUT2D eigenvalue weighted by Crippen LogP contribution is 2.10. The van der Waals surface area contributed by atoms with E-state index in [2.05, 4.69) is 13.2 Å². The molecule has 0 spiro atoms. The van der Waals surface area contributed by atoms with Crippen molar-refractivity contribution in [2.75, 3.05) is 19.8 Å². The molecule has 0 rings (SSSR count). The van der Waals surface area contributed by atoms with Crippen LogP contribution in [0.1, 0.15) is 33.6 Å². The predicted molar refractivity (Wildman–Crippen MR) is 74.5 cm³/mol. The number of allylic oxidation sites excluding steroid dienone is 1. The Morgan fingerprint density at radius 1 is 1.17 bits per heavy atom. The van der Waals surface area contributed by atoms with Gasteiger partial charge in [-0.3, -0.25) is 0 Å². The second-order valence-electron chi connectivity index (χ2n) is 3.92. The molecule has 0 fully saturated rings. The molecule has 0 aliphatic carbocycles. The predicted octanol–water partition coefficient (Wildman–Crippen LogP) is 2.27. The minimum Gasteiger partial charge on any atom is -0.462 e. The summed E-state index contributed by atoms with van der Waals surface area (Å²) >= 11 is 0. The van der Waals surface area contributed by atoms with Crippen molar-refractivity contribution >= 4 is 15.3 Å². The molecule has 0 aromatic rings. The highest BCUT2D eigenvalue weighted by molar-refractivity contribution is 6.53. The van der Waals surface area contributed by atoms with Crippen LogP contribution in [0.4, 0.5) is 0 Å². The van der Waals surface area contributed by atoms with Crippen molar-refractivity contribution in [3.8, 4) is 0 Å². The third-order valence-corrected chi connectivity index (χ3v) is 4.42. The third kappa shape index (κ3) is 7.42. The van der Waals surface area contributed by atoms with E-state index in [-0.39, 0.29) is 5.97 Å². The van der Waals surface area contributed by atoms with Crippen LogP contribution in [0.2, 0.25) is 0 Å². The number of carbonyl (C=O) groups excluding carboxylic acids is 1. The highest BCUT2D eigenvalue weighted by atomic mass is 28.3. The molecule has 0 aromatic heterocycles. The zero-order chi connectivity index (χ0) is 14.0. The molecule has 104 valence electrons. The summed E-state index contributed by atoms with van der Waals surface area (Å²) in [6.45, 7) is 14.7. The van der Waals surface area contributed by atoms with Crippen LogP contribution in [0, 0.1) is 0 Å². The quantitative estimate of drug-likeness (QED) is 0.265. The van der Waals surface area contributed by atoms with E-state index < -0.39 is 9.28 Å². The molecule has 0 N–H and O–H groups in total. The largest absolute Gasteiger partial charge is 0.462 e. The average molecular weight is 272 g/mol. The summed E-state index contributed by atoms with van der Waals surface area (Å²) in [6, 6.07) is 0. The van der Waals surface area contributed by atoms with E-state index in [0.29, 0.717) is 25.4 Å². The minimum absolute atomic E-state index is 0.343. The molecular weight excluding hydrogens is 248 g/mol. The maximum atomic E-state index is 11.1. The van der Waals surface area contributed by atoms with Gasteiger partial charge in [-0.15, -0.1) is 0 Å². The van der Waals surface area contributed by atoms with Crippen molar-refractivity contribution < 1.29 is 18.4 Å². The first kappa shape index (κ1) is 17.1. The van der Waals surface area contributed by atoms with Crippen LogP contribution in [0.5, 0.6) is 0 Å². The van der Waals surface area contributed by atoms with Crippen LogP contribution in [-0.4, -0.2) is 35.1 Å². The van der Waals surface area contributed by atoms with Crippen LogP contribution in [0.25, 0.3) is 0 Å². The second-order valence-corrected chi connectivity index (χ2v) is 6.07. The van der Waals surface area contributed by atoms with Gasteiger partial charge in [0, 0.05) is 18.8 Å². The Labute approximate surface area is 111 Å². The first-order chi connectivity index (χ1) is 8.52. The first-order valence-corrected chi connectivity index (χ1v) is 7.78. The van der Waals surface area contributed by atoms with Crippen molar-refractivity contribution in [3.05, 3.63) is 23.9 Å². The summed E-state index contributed by atoms with van der Waals surface area (Å²) in [4.78, 5) is 11.1. The van der Waals surface area contributed by atoms with Crippen LogP contribution < -0.4 is 0 Å². The molecule has 0 atom stereocenters. The number of ether oxygens (including phenoxy) is 1. The van der Waals surface area contributed by atoms with E-state index in [1.54, 1.807) is 6.92 Å². The SMILES string of the molecule is C=C(C)C(=O)OCCCC(=C)[SiH](OCC)OCC. The van der Waals surface area contributed by atoms with Crippen molar-refractivity contribution in [2.45, 2.75) is 33.6 Å². The van der Waals surface area contributed by atoms with Crippen LogP contribution >= 0.6 is 0 Å². The average Bonchev–Trinajstić information content (AvgIpc) is 2.33. The zero-order valence-corrected chi connectivity index (χ0v) is 12.8. The number of carbonyl (C=O) groups is 1. The Kier molecular flexibility index (Phi) is 9.54. The molecule has 0 saturated carbocycles. The number of hydrogen-bond donors (Lipinski definition) is 0. The van der Waals surface area contributed by atoms with Gasteiger partial charge in [0.2, 0.25) is 0 Å². The van der Waals surface area contributed by atoms with E-state index in [1.807, 2.05) is 13.8 Å². The fraction of sp³-hybridized carbons (Fsp3) is 0.615. The third-order valence-electron chi connectivity index (χ3n) is 2.19. The summed E-state index contributed by atoms with van der Waals surface area (Å²) in [6.07, 6.45) is 1.50. The first-order valence-electron chi connectivity index (χ1n) is 6.26. The van der Waals surface area contributed by atoms with Gasteiger partial charge in [0.15, 0.2) is 0 Å². The summed E-state index contributed by atoms with van der Waals surface area (Å²) in [7, 11) is -1.77. The van der Waals surface area contributed by atoms with Crippen LogP contribution in [0.15, 0.2) is 23.9 Å². The van der Waals surface area contributed by atoms with Crippen molar-refractivity contribution in [2.24, 2.45) is 0 Å². The van der Waals surface area contributed by atoms with Gasteiger partial charge < -0.3 is 13.6 Å². The Hall–Kier alpha value is -0.913. The molecule has 0 aliphatic heterocycles. The Morgan fingerprint density at radius 2 is 1.72 bits per heavy atom. The lowest BCUT2D eigenvalue weighted by Crippen LogP contribution is -2.26. The molecule has 0 amide bonds. The topological polar surface area (TPSA) is 44.8 Å². The van der Waals surface area contributed by atoms with E-state index in [4.69, 9.17) is 13.6 Å². The Bertz CT molecular complexity index is 283. The van der Waals surface area contributed by atoms with Gasteiger partial charge in [0.05, 0.1) is 6.61 Å². The van der Waals surface area contributed by atoms with Gasteiger partial charge in [0.1, 0.15) is 0 Å². The maximum absolute atomic E-state index is 11.1. The molecule has 0 saturated heterocycles. The minimum atomic E-state index is -1.77. The fourth-order valence-electron chi connectivity index (χ4n) is 1.29. The van der Waals surface area contributed by atoms with Crippen molar-refractivity contribution in [1.82, 2.24) is 0 Å². The molecule has 18 heavy (non-hydrogen) atoms. The molecule has 0 unspecified atom stereocenters. The maximum Gasteiger partial charge on any atom is 0.351 e. The van der Waals surface area contributed by atoms with Gasteiger partial charge in [0.25, 0.3) is 0 Å². The Morgan fingerprint density at radius 3 is 2.17 bits per heavy atom. The molecule has 0 heterocycles. The van der Waals surface area contributed by atoms with Crippen molar-refractivity contribution in [3.63, 3.8) is 0 Å². The lowest BCUT2D eigenvalue weighted by atomic mass is 10.3. The van der Waals surface area contributed by atoms with Gasteiger partial charge in [-0.2, -0.15) is 0 Å². The summed E-state index contributed by atoms with van der Waals surface area (Å²) in [5.41, 5.74) is 0.421. The van der Waals surface area contributed by atoms with Crippen LogP contribution in [-0.2, 0) is 18.4 Å². The number of esters is 1. The van der Waals surface area contributed by atoms with Gasteiger partial charge >= 0.3 is 15.3 Å². The summed E-state index contributed by atoms with van der Waals surface area (Å²) < 4.78 is 16.1. The standard InChI is InChI=1S/C13H24O4Si/c1-6-16-18(17-7-2)12(5)9-8-10-15-13(14)11(3)4/h18H,3,5-10H2,1-2,4H3. The lowest BCUT2D eigenvalue weighted by Gasteiger charge is -2.17. The number of hydrogen-bond acceptors (Lipinski definition) is 4. The fourth-order valence-corrected chi connectivity index (χ4v) is 2.90. The smallest absolute Gasteiger partial charge is 0.351 e. The highest BCUT2D eigenvalue weighted by Gasteiger charge is 2.16. The molecule has 0 aromatic carbocycles. The van der Waals surface area contributed by atoms with E-state index in [9.17, 15) is 4.79 Å². The molecule has 5 heteroatoms. The van der Waals surface area contributed by atoms with E-state index >= 15 is 0 Å². The van der Waals surface area contributed by atoms with E-state index in [0.717, 1.165) is 18.0 Å². The second kappa shape index (κ2) is 10.1. The van der Waals surface area contributed by atoms with Crippen molar-refractivity contribution in [1.29, 1.82) is 0 Å². The molecule has 0 bridgehead atoms. The van der Waals surface area contributed by atoms with Gasteiger partial charge in [-0.1, -0.05) is 13.2 Å². The molecule has 0 radical (unpaired) electrons. The summed E-state index contributed by atoms with van der Waals surface area (Å²) in [5, 5.41) is 1.00. The monoisotopic (exact) mass is 272 g/mol. The van der Waals surface area contributed by atoms with Crippen LogP contribution in [0.3, 0.4) is 0 Å².